The number of carboxylic acid groups (broad SMARTS) is 1. The van der Waals surface area contributed by atoms with E-state index in [1.54, 1.807) is 28.4 Å². The first-order valence-corrected chi connectivity index (χ1v) is 9.97. The van der Waals surface area contributed by atoms with Gasteiger partial charge in [0.25, 0.3) is 0 Å². The van der Waals surface area contributed by atoms with E-state index < -0.39 is 18.1 Å². The van der Waals surface area contributed by atoms with E-state index in [9.17, 15) is 9.90 Å². The second-order valence-electron chi connectivity index (χ2n) is 7.16. The van der Waals surface area contributed by atoms with Crippen LogP contribution in [0.4, 0.5) is 0 Å². The molecule has 0 bridgehead atoms. The van der Waals surface area contributed by atoms with Crippen LogP contribution in [0.3, 0.4) is 0 Å². The van der Waals surface area contributed by atoms with Crippen LogP contribution in [0, 0.1) is 0 Å². The van der Waals surface area contributed by atoms with Crippen LogP contribution < -0.4 is 18.9 Å². The highest BCUT2D eigenvalue weighted by molar-refractivity contribution is 5.74. The van der Waals surface area contributed by atoms with Gasteiger partial charge >= 0.3 is 5.97 Å². The average Bonchev–Trinajstić information content (AvgIpc) is 2.79. The molecule has 2 unspecified atom stereocenters. The summed E-state index contributed by atoms with van der Waals surface area (Å²) in [6, 6.07) is 10.4. The Morgan fingerprint density at radius 2 is 1.60 bits per heavy atom. The summed E-state index contributed by atoms with van der Waals surface area (Å²) < 4.78 is 22.4. The lowest BCUT2D eigenvalue weighted by atomic mass is 9.90. The molecular formula is C23H29NO6. The zero-order valence-corrected chi connectivity index (χ0v) is 17.9. The fourth-order valence-corrected chi connectivity index (χ4v) is 4.28. The molecule has 30 heavy (non-hydrogen) atoms. The van der Waals surface area contributed by atoms with Crippen molar-refractivity contribution in [1.82, 2.24) is 4.90 Å². The van der Waals surface area contributed by atoms with Crippen LogP contribution in [0.2, 0.25) is 0 Å². The maximum Gasteiger partial charge on any atom is 0.320 e. The van der Waals surface area contributed by atoms with Gasteiger partial charge in [0.2, 0.25) is 5.75 Å². The number of carboxylic acids is 1. The smallest absolute Gasteiger partial charge is 0.320 e. The van der Waals surface area contributed by atoms with Crippen LogP contribution in [0.5, 0.6) is 23.0 Å². The third-order valence-electron chi connectivity index (χ3n) is 5.62. The van der Waals surface area contributed by atoms with E-state index >= 15 is 0 Å². The van der Waals surface area contributed by atoms with E-state index in [1.807, 2.05) is 41.3 Å². The van der Waals surface area contributed by atoms with Gasteiger partial charge < -0.3 is 24.1 Å². The molecule has 1 saturated heterocycles. The van der Waals surface area contributed by atoms with E-state index in [4.69, 9.17) is 18.9 Å². The standard InChI is InChI=1S/C23H29NO6/c1-27-18-11-6-5-9-15(18)20(24-14-8-7-10-17(24)23(25)26)16-12-13-19(28-2)22(30-4)21(16)29-3/h5-6,9,11-13,17,20H,7-8,10,14H2,1-4H3,(H,25,26). The zero-order valence-electron chi connectivity index (χ0n) is 17.9. The molecule has 7 nitrogen and oxygen atoms in total. The number of likely N-dealkylation sites (tertiary alicyclic amines) is 1. The molecule has 2 atom stereocenters. The van der Waals surface area contributed by atoms with E-state index in [-0.39, 0.29) is 0 Å². The molecule has 7 heteroatoms. The summed E-state index contributed by atoms with van der Waals surface area (Å²) in [4.78, 5) is 14.1. The van der Waals surface area contributed by atoms with Crippen molar-refractivity contribution in [2.24, 2.45) is 0 Å². The Kier molecular flexibility index (Phi) is 7.05. The van der Waals surface area contributed by atoms with Gasteiger partial charge in [-0.2, -0.15) is 0 Å². The topological polar surface area (TPSA) is 77.5 Å². The molecule has 2 aromatic carbocycles. The number of nitrogens with zero attached hydrogens (tertiary/aromatic N) is 1. The number of ether oxygens (including phenoxy) is 4. The van der Waals surface area contributed by atoms with Crippen LogP contribution in [0.1, 0.15) is 36.4 Å². The molecule has 0 spiro atoms. The molecule has 0 amide bonds. The molecule has 0 saturated carbocycles. The minimum Gasteiger partial charge on any atom is -0.496 e. The molecule has 1 N–H and O–H groups in total. The largest absolute Gasteiger partial charge is 0.496 e. The summed E-state index contributed by atoms with van der Waals surface area (Å²) in [5.74, 6) is 1.40. The van der Waals surface area contributed by atoms with Crippen molar-refractivity contribution in [3.63, 3.8) is 0 Å². The second-order valence-corrected chi connectivity index (χ2v) is 7.16. The monoisotopic (exact) mass is 415 g/mol. The molecule has 1 heterocycles. The summed E-state index contributed by atoms with van der Waals surface area (Å²) in [6.07, 6.45) is 2.40. The molecule has 0 radical (unpaired) electrons. The molecule has 2 aromatic rings. The van der Waals surface area contributed by atoms with Gasteiger partial charge in [0.05, 0.1) is 34.5 Å². The number of hydrogen-bond donors (Lipinski definition) is 1. The molecular weight excluding hydrogens is 386 g/mol. The molecule has 1 aliphatic rings. The summed E-state index contributed by atoms with van der Waals surface area (Å²) >= 11 is 0. The van der Waals surface area contributed by atoms with Gasteiger partial charge in [0.15, 0.2) is 11.5 Å². The molecule has 3 rings (SSSR count). The average molecular weight is 415 g/mol. The Balaban J connectivity index is 2.26. The van der Waals surface area contributed by atoms with Crippen molar-refractivity contribution in [3.8, 4) is 23.0 Å². The summed E-state index contributed by atoms with van der Waals surface area (Å²) in [5.41, 5.74) is 1.67. The minimum atomic E-state index is -0.825. The van der Waals surface area contributed by atoms with Crippen LogP contribution in [-0.2, 0) is 4.79 Å². The summed E-state index contributed by atoms with van der Waals surface area (Å²) in [6.45, 7) is 0.650. The molecule has 0 aromatic heterocycles. The Labute approximate surface area is 177 Å². The van der Waals surface area contributed by atoms with E-state index in [0.717, 1.165) is 24.0 Å². The number of benzene rings is 2. The van der Waals surface area contributed by atoms with Crippen molar-refractivity contribution >= 4 is 5.97 Å². The molecule has 1 fully saturated rings. The third kappa shape index (κ3) is 4.03. The summed E-state index contributed by atoms with van der Waals surface area (Å²) in [7, 11) is 6.32. The number of methoxy groups -OCH3 is 4. The minimum absolute atomic E-state index is 0.391. The normalized spacial score (nSPS) is 17.8. The number of rotatable bonds is 8. The van der Waals surface area contributed by atoms with Crippen LogP contribution in [0.25, 0.3) is 0 Å². The molecule has 1 aliphatic heterocycles. The Morgan fingerprint density at radius 3 is 2.23 bits per heavy atom. The lowest BCUT2D eigenvalue weighted by Crippen LogP contribution is -2.47. The van der Waals surface area contributed by atoms with Crippen LogP contribution >= 0.6 is 0 Å². The highest BCUT2D eigenvalue weighted by Gasteiger charge is 2.38. The van der Waals surface area contributed by atoms with Crippen molar-refractivity contribution in [1.29, 1.82) is 0 Å². The van der Waals surface area contributed by atoms with Crippen molar-refractivity contribution in [2.45, 2.75) is 31.3 Å². The van der Waals surface area contributed by atoms with Gasteiger partial charge in [0.1, 0.15) is 11.8 Å². The number of para-hydroxylation sites is 1. The fourth-order valence-electron chi connectivity index (χ4n) is 4.28. The first kappa shape index (κ1) is 21.8. The SMILES string of the molecule is COc1ccccc1C(c1ccc(OC)c(OC)c1OC)N1CCCCC1C(=O)O. The maximum absolute atomic E-state index is 12.1. The lowest BCUT2D eigenvalue weighted by molar-refractivity contribution is -0.145. The van der Waals surface area contributed by atoms with Crippen LogP contribution in [-0.4, -0.2) is 57.0 Å². The van der Waals surface area contributed by atoms with Crippen molar-refractivity contribution < 1.29 is 28.8 Å². The summed E-state index contributed by atoms with van der Waals surface area (Å²) in [5, 5.41) is 9.94. The maximum atomic E-state index is 12.1. The fraction of sp³-hybridized carbons (Fsp3) is 0.435. The predicted octanol–water partition coefficient (Wildman–Crippen LogP) is 3.75. The van der Waals surface area contributed by atoms with Crippen LogP contribution in [0.15, 0.2) is 36.4 Å². The van der Waals surface area contributed by atoms with E-state index in [2.05, 4.69) is 0 Å². The zero-order chi connectivity index (χ0) is 21.7. The van der Waals surface area contributed by atoms with E-state index in [0.29, 0.717) is 36.0 Å². The van der Waals surface area contributed by atoms with Gasteiger partial charge in [-0.3, -0.25) is 9.69 Å². The number of carbonyl (C=O) groups is 1. The number of piperidine rings is 1. The van der Waals surface area contributed by atoms with Gasteiger partial charge in [-0.05, 0) is 37.6 Å². The van der Waals surface area contributed by atoms with Crippen molar-refractivity contribution in [2.75, 3.05) is 35.0 Å². The van der Waals surface area contributed by atoms with Gasteiger partial charge in [-0.15, -0.1) is 0 Å². The Morgan fingerprint density at radius 1 is 0.900 bits per heavy atom. The predicted molar refractivity (Wildman–Crippen MR) is 113 cm³/mol. The van der Waals surface area contributed by atoms with E-state index in [1.165, 1.54) is 0 Å². The quantitative estimate of drug-likeness (QED) is 0.704. The highest BCUT2D eigenvalue weighted by Crippen LogP contribution is 2.47. The Bertz CT molecular complexity index is 884. The van der Waals surface area contributed by atoms with Crippen molar-refractivity contribution in [3.05, 3.63) is 47.5 Å². The molecule has 162 valence electrons. The number of hydrogen-bond acceptors (Lipinski definition) is 6. The highest BCUT2D eigenvalue weighted by atomic mass is 16.5. The van der Waals surface area contributed by atoms with Gasteiger partial charge in [-0.1, -0.05) is 24.6 Å². The second kappa shape index (κ2) is 9.71. The number of aliphatic carboxylic acids is 1. The lowest BCUT2D eigenvalue weighted by Gasteiger charge is -2.40. The molecule has 0 aliphatic carbocycles. The first-order valence-electron chi connectivity index (χ1n) is 9.97. The van der Waals surface area contributed by atoms with Gasteiger partial charge in [0, 0.05) is 11.1 Å². The first-order chi connectivity index (χ1) is 14.6. The Hall–Kier alpha value is -2.93. The third-order valence-corrected chi connectivity index (χ3v) is 5.62. The van der Waals surface area contributed by atoms with Gasteiger partial charge in [-0.25, -0.2) is 0 Å².